The van der Waals surface area contributed by atoms with Crippen LogP contribution in [0.5, 0.6) is 0 Å². The molecule has 2 aromatic rings. The van der Waals surface area contributed by atoms with Gasteiger partial charge in [0.15, 0.2) is 0 Å². The molecule has 2 rings (SSSR count). The van der Waals surface area contributed by atoms with Crippen LogP contribution in [0.2, 0.25) is 5.02 Å². The van der Waals surface area contributed by atoms with E-state index < -0.39 is 0 Å². The number of nitrogens with one attached hydrogen (secondary N) is 1. The maximum atomic E-state index is 5.93. The van der Waals surface area contributed by atoms with Crippen molar-refractivity contribution in [1.82, 2.24) is 5.32 Å². The third kappa shape index (κ3) is 3.83. The quantitative estimate of drug-likeness (QED) is 0.851. The van der Waals surface area contributed by atoms with Gasteiger partial charge in [-0.05, 0) is 24.1 Å². The van der Waals surface area contributed by atoms with Gasteiger partial charge in [0, 0.05) is 17.1 Å². The van der Waals surface area contributed by atoms with Gasteiger partial charge in [-0.1, -0.05) is 66.3 Å². The fourth-order valence-corrected chi connectivity index (χ4v) is 2.12. The lowest BCUT2D eigenvalue weighted by molar-refractivity contribution is 0.875. The van der Waals surface area contributed by atoms with Gasteiger partial charge >= 0.3 is 0 Å². The number of benzene rings is 2. The van der Waals surface area contributed by atoms with E-state index in [4.69, 9.17) is 23.8 Å². The Morgan fingerprint density at radius 2 is 1.83 bits per heavy atom. The summed E-state index contributed by atoms with van der Waals surface area (Å²) in [6.45, 7) is 0.829. The highest BCUT2D eigenvalue weighted by atomic mass is 35.5. The highest BCUT2D eigenvalue weighted by molar-refractivity contribution is 7.80. The lowest BCUT2D eigenvalue weighted by Crippen LogP contribution is -2.24. The van der Waals surface area contributed by atoms with Gasteiger partial charge in [-0.2, -0.15) is 0 Å². The van der Waals surface area contributed by atoms with E-state index in [0.29, 0.717) is 5.02 Å². The molecule has 0 bridgehead atoms. The van der Waals surface area contributed by atoms with Crippen molar-refractivity contribution in [3.05, 3.63) is 70.7 Å². The van der Waals surface area contributed by atoms with Gasteiger partial charge < -0.3 is 5.32 Å². The first-order chi connectivity index (χ1) is 8.75. The van der Waals surface area contributed by atoms with Gasteiger partial charge in [0.05, 0.1) is 0 Å². The standard InChI is InChI=1S/C15H14ClNS/c16-14-8-4-7-13(11-14)15(18)17-10-9-12-5-2-1-3-6-12/h1-8,11H,9-10H2,(H,17,18). The molecule has 2 aromatic carbocycles. The van der Waals surface area contributed by atoms with Crippen molar-refractivity contribution in [3.63, 3.8) is 0 Å². The molecule has 0 saturated carbocycles. The molecule has 0 aliphatic heterocycles. The van der Waals surface area contributed by atoms with Crippen LogP contribution in [-0.2, 0) is 6.42 Å². The van der Waals surface area contributed by atoms with Crippen molar-refractivity contribution >= 4 is 28.8 Å². The summed E-state index contributed by atoms with van der Waals surface area (Å²) in [4.78, 5) is 0.744. The van der Waals surface area contributed by atoms with E-state index in [2.05, 4.69) is 17.4 Å². The van der Waals surface area contributed by atoms with Crippen LogP contribution in [0.1, 0.15) is 11.1 Å². The van der Waals surface area contributed by atoms with Crippen molar-refractivity contribution in [2.75, 3.05) is 6.54 Å². The van der Waals surface area contributed by atoms with Crippen LogP contribution in [-0.4, -0.2) is 11.5 Å². The number of hydrogen-bond acceptors (Lipinski definition) is 1. The fourth-order valence-electron chi connectivity index (χ4n) is 1.70. The molecule has 0 aromatic heterocycles. The van der Waals surface area contributed by atoms with Crippen molar-refractivity contribution in [2.45, 2.75) is 6.42 Å². The molecular weight excluding hydrogens is 262 g/mol. The Labute approximate surface area is 118 Å². The topological polar surface area (TPSA) is 12.0 Å². The molecule has 0 atom stereocenters. The summed E-state index contributed by atoms with van der Waals surface area (Å²) in [5.74, 6) is 0. The third-order valence-electron chi connectivity index (χ3n) is 2.63. The van der Waals surface area contributed by atoms with Crippen LogP contribution < -0.4 is 5.32 Å². The lowest BCUT2D eigenvalue weighted by Gasteiger charge is -2.08. The zero-order valence-electron chi connectivity index (χ0n) is 9.90. The Bertz CT molecular complexity index is 525. The predicted molar refractivity (Wildman–Crippen MR) is 81.3 cm³/mol. The lowest BCUT2D eigenvalue weighted by atomic mass is 10.1. The normalized spacial score (nSPS) is 10.1. The van der Waals surface area contributed by atoms with Gasteiger partial charge in [0.25, 0.3) is 0 Å². The molecule has 92 valence electrons. The minimum atomic E-state index is 0.708. The number of rotatable bonds is 4. The average molecular weight is 276 g/mol. The van der Waals surface area contributed by atoms with Crippen LogP contribution in [0.3, 0.4) is 0 Å². The van der Waals surface area contributed by atoms with Crippen molar-refractivity contribution in [1.29, 1.82) is 0 Å². The van der Waals surface area contributed by atoms with E-state index in [1.165, 1.54) is 5.56 Å². The van der Waals surface area contributed by atoms with Gasteiger partial charge in [0.1, 0.15) is 4.99 Å². The summed E-state index contributed by atoms with van der Waals surface area (Å²) in [6, 6.07) is 17.9. The minimum absolute atomic E-state index is 0.708. The smallest absolute Gasteiger partial charge is 0.106 e. The molecule has 0 amide bonds. The molecule has 0 radical (unpaired) electrons. The van der Waals surface area contributed by atoms with Gasteiger partial charge in [0.2, 0.25) is 0 Å². The van der Waals surface area contributed by atoms with Crippen LogP contribution in [0.4, 0.5) is 0 Å². The maximum Gasteiger partial charge on any atom is 0.106 e. The highest BCUT2D eigenvalue weighted by Crippen LogP contribution is 2.10. The van der Waals surface area contributed by atoms with E-state index in [1.54, 1.807) is 0 Å². The van der Waals surface area contributed by atoms with Crippen LogP contribution >= 0.6 is 23.8 Å². The monoisotopic (exact) mass is 275 g/mol. The van der Waals surface area contributed by atoms with Crippen LogP contribution in [0.15, 0.2) is 54.6 Å². The molecule has 1 nitrogen and oxygen atoms in total. The molecule has 3 heteroatoms. The molecule has 1 N–H and O–H groups in total. The Morgan fingerprint density at radius 1 is 1.06 bits per heavy atom. The molecule has 0 heterocycles. The third-order valence-corrected chi connectivity index (χ3v) is 3.24. The fraction of sp³-hybridized carbons (Fsp3) is 0.133. The average Bonchev–Trinajstić information content (AvgIpc) is 2.40. The Kier molecular flexibility index (Phi) is 4.73. The second-order valence-corrected chi connectivity index (χ2v) is 4.85. The molecule has 0 saturated heterocycles. The van der Waals surface area contributed by atoms with Gasteiger partial charge in [-0.15, -0.1) is 0 Å². The van der Waals surface area contributed by atoms with Gasteiger partial charge in [-0.3, -0.25) is 0 Å². The van der Waals surface area contributed by atoms with Gasteiger partial charge in [-0.25, -0.2) is 0 Å². The van der Waals surface area contributed by atoms with E-state index in [9.17, 15) is 0 Å². The van der Waals surface area contributed by atoms with E-state index in [1.807, 2.05) is 42.5 Å². The molecule has 0 aliphatic carbocycles. The molecule has 0 aliphatic rings. The Morgan fingerprint density at radius 3 is 2.56 bits per heavy atom. The van der Waals surface area contributed by atoms with Crippen molar-refractivity contribution in [2.24, 2.45) is 0 Å². The molecule has 0 fully saturated rings. The molecule has 0 unspecified atom stereocenters. The number of halogens is 1. The highest BCUT2D eigenvalue weighted by Gasteiger charge is 2.01. The summed E-state index contributed by atoms with van der Waals surface area (Å²) in [5, 5.41) is 3.96. The largest absolute Gasteiger partial charge is 0.375 e. The Hall–Kier alpha value is -1.38. The second kappa shape index (κ2) is 6.53. The predicted octanol–water partition coefficient (Wildman–Crippen LogP) is 3.85. The summed E-state index contributed by atoms with van der Waals surface area (Å²) in [6.07, 6.45) is 0.960. The summed E-state index contributed by atoms with van der Waals surface area (Å²) < 4.78 is 0. The molecular formula is C15H14ClNS. The van der Waals surface area contributed by atoms with Crippen LogP contribution in [0, 0.1) is 0 Å². The summed E-state index contributed by atoms with van der Waals surface area (Å²) >= 11 is 11.3. The van der Waals surface area contributed by atoms with Crippen molar-refractivity contribution < 1.29 is 0 Å². The summed E-state index contributed by atoms with van der Waals surface area (Å²) in [7, 11) is 0. The maximum absolute atomic E-state index is 5.93. The second-order valence-electron chi connectivity index (χ2n) is 4.00. The van der Waals surface area contributed by atoms with Crippen LogP contribution in [0.25, 0.3) is 0 Å². The van der Waals surface area contributed by atoms with E-state index in [0.717, 1.165) is 23.5 Å². The van der Waals surface area contributed by atoms with E-state index >= 15 is 0 Å². The molecule has 0 spiro atoms. The van der Waals surface area contributed by atoms with Crippen molar-refractivity contribution in [3.8, 4) is 0 Å². The first-order valence-corrected chi connectivity index (χ1v) is 6.62. The Balaban J connectivity index is 1.86. The van der Waals surface area contributed by atoms with E-state index in [-0.39, 0.29) is 0 Å². The SMILES string of the molecule is S=C(NCCc1ccccc1)c1cccc(Cl)c1. The first kappa shape index (κ1) is 13.1. The molecule has 18 heavy (non-hydrogen) atoms. The number of hydrogen-bond donors (Lipinski definition) is 1. The zero-order valence-corrected chi connectivity index (χ0v) is 11.5. The zero-order chi connectivity index (χ0) is 12.8. The summed E-state index contributed by atoms with van der Waals surface area (Å²) in [5.41, 5.74) is 2.27. The number of thiocarbonyl (C=S) groups is 1. The first-order valence-electron chi connectivity index (χ1n) is 5.83. The minimum Gasteiger partial charge on any atom is -0.375 e.